The summed E-state index contributed by atoms with van der Waals surface area (Å²) in [5, 5.41) is 1.84. The van der Waals surface area contributed by atoms with Gasteiger partial charge in [-0.1, -0.05) is 11.8 Å². The van der Waals surface area contributed by atoms with Gasteiger partial charge < -0.3 is 0 Å². The highest BCUT2D eigenvalue weighted by molar-refractivity contribution is 7.98. The van der Waals surface area contributed by atoms with Crippen molar-refractivity contribution in [1.82, 2.24) is 15.0 Å². The van der Waals surface area contributed by atoms with E-state index in [0.29, 0.717) is 0 Å². The van der Waals surface area contributed by atoms with E-state index in [9.17, 15) is 0 Å². The summed E-state index contributed by atoms with van der Waals surface area (Å²) < 4.78 is 0. The topological polar surface area (TPSA) is 38.7 Å². The molecule has 0 aliphatic heterocycles. The minimum absolute atomic E-state index is 0.795. The van der Waals surface area contributed by atoms with Gasteiger partial charge in [0.15, 0.2) is 5.16 Å². The third kappa shape index (κ3) is 1.49. The van der Waals surface area contributed by atoms with E-state index >= 15 is 0 Å². The van der Waals surface area contributed by atoms with Crippen LogP contribution < -0.4 is 0 Å². The number of rotatable bonds is 1. The van der Waals surface area contributed by atoms with E-state index in [2.05, 4.69) is 15.0 Å². The Balaban J connectivity index is 2.74. The highest BCUT2D eigenvalue weighted by Crippen LogP contribution is 2.16. The predicted molar refractivity (Wildman–Crippen MR) is 53.9 cm³/mol. The molecular formula is C9H9N3S. The molecule has 0 unspecified atom stereocenters. The molecule has 3 nitrogen and oxygen atoms in total. The molecule has 0 bridgehead atoms. The highest BCUT2D eigenvalue weighted by Gasteiger charge is 2.01. The first kappa shape index (κ1) is 8.44. The summed E-state index contributed by atoms with van der Waals surface area (Å²) in [5.74, 6) is 0. The lowest BCUT2D eigenvalue weighted by Gasteiger charge is -2.00. The molecule has 0 fully saturated rings. The van der Waals surface area contributed by atoms with Gasteiger partial charge in [-0.3, -0.25) is 4.98 Å². The fourth-order valence-electron chi connectivity index (χ4n) is 1.18. The second-order valence-electron chi connectivity index (χ2n) is 2.69. The zero-order chi connectivity index (χ0) is 9.26. The third-order valence-corrected chi connectivity index (χ3v) is 2.40. The molecule has 0 saturated heterocycles. The second kappa shape index (κ2) is 3.30. The van der Waals surface area contributed by atoms with Crippen LogP contribution in [0.25, 0.3) is 10.9 Å². The van der Waals surface area contributed by atoms with E-state index < -0.39 is 0 Å². The highest BCUT2D eigenvalue weighted by atomic mass is 32.2. The molecule has 0 radical (unpaired) electrons. The van der Waals surface area contributed by atoms with Crippen molar-refractivity contribution in [2.24, 2.45) is 0 Å². The van der Waals surface area contributed by atoms with Gasteiger partial charge in [0.2, 0.25) is 0 Å². The molecule has 0 aliphatic rings. The van der Waals surface area contributed by atoms with Crippen LogP contribution in [0.3, 0.4) is 0 Å². The van der Waals surface area contributed by atoms with Crippen molar-refractivity contribution < 1.29 is 0 Å². The normalized spacial score (nSPS) is 10.6. The molecule has 0 N–H and O–H groups in total. The lowest BCUT2D eigenvalue weighted by atomic mass is 10.2. The Labute approximate surface area is 80.6 Å². The molecule has 66 valence electrons. The Morgan fingerprint density at radius 2 is 2.15 bits per heavy atom. The Kier molecular flexibility index (Phi) is 2.14. The van der Waals surface area contributed by atoms with Crippen molar-refractivity contribution in [2.45, 2.75) is 12.1 Å². The first-order valence-electron chi connectivity index (χ1n) is 3.93. The van der Waals surface area contributed by atoms with E-state index in [4.69, 9.17) is 0 Å². The van der Waals surface area contributed by atoms with E-state index in [-0.39, 0.29) is 0 Å². The quantitative estimate of drug-likeness (QED) is 0.511. The van der Waals surface area contributed by atoms with Crippen LogP contribution in [0.4, 0.5) is 0 Å². The van der Waals surface area contributed by atoms with Crippen molar-refractivity contribution in [1.29, 1.82) is 0 Å². The average Bonchev–Trinajstić information content (AvgIpc) is 2.18. The molecule has 0 amide bonds. The first-order chi connectivity index (χ1) is 6.31. The predicted octanol–water partition coefficient (Wildman–Crippen LogP) is 2.06. The van der Waals surface area contributed by atoms with Crippen LogP contribution >= 0.6 is 11.8 Å². The molecule has 0 aliphatic carbocycles. The third-order valence-electron chi connectivity index (χ3n) is 1.84. The zero-order valence-electron chi connectivity index (χ0n) is 7.48. The van der Waals surface area contributed by atoms with Gasteiger partial charge in [0.1, 0.15) is 0 Å². The molecule has 0 saturated carbocycles. The van der Waals surface area contributed by atoms with Crippen molar-refractivity contribution in [3.8, 4) is 0 Å². The van der Waals surface area contributed by atoms with Crippen molar-refractivity contribution in [3.05, 3.63) is 24.2 Å². The fraction of sp³-hybridized carbons (Fsp3) is 0.222. The zero-order valence-corrected chi connectivity index (χ0v) is 8.30. The van der Waals surface area contributed by atoms with Gasteiger partial charge >= 0.3 is 0 Å². The molecule has 0 aromatic carbocycles. The van der Waals surface area contributed by atoms with Crippen LogP contribution in [-0.2, 0) is 0 Å². The van der Waals surface area contributed by atoms with Crippen molar-refractivity contribution >= 4 is 22.7 Å². The Hall–Kier alpha value is -1.16. The number of aryl methyl sites for hydroxylation is 1. The Morgan fingerprint density at radius 1 is 1.31 bits per heavy atom. The summed E-state index contributed by atoms with van der Waals surface area (Å²) in [6.45, 7) is 1.96. The lowest BCUT2D eigenvalue weighted by Crippen LogP contribution is -1.90. The molecule has 2 rings (SSSR count). The largest absolute Gasteiger partial charge is 0.259 e. The van der Waals surface area contributed by atoms with E-state index in [0.717, 1.165) is 21.8 Å². The van der Waals surface area contributed by atoms with Gasteiger partial charge in [-0.15, -0.1) is 0 Å². The molecule has 0 atom stereocenters. The van der Waals surface area contributed by atoms with E-state index in [1.54, 1.807) is 18.0 Å². The molecule has 13 heavy (non-hydrogen) atoms. The molecule has 0 spiro atoms. The maximum Gasteiger partial charge on any atom is 0.187 e. The SMILES string of the molecule is CSc1ncc2ccnc(C)c2n1. The summed E-state index contributed by atoms with van der Waals surface area (Å²) in [7, 11) is 0. The van der Waals surface area contributed by atoms with Crippen LogP contribution in [-0.4, -0.2) is 21.2 Å². The number of hydrogen-bond donors (Lipinski definition) is 0. The van der Waals surface area contributed by atoms with Gasteiger partial charge in [-0.2, -0.15) is 0 Å². The summed E-state index contributed by atoms with van der Waals surface area (Å²) in [6, 6.07) is 1.92. The fourth-order valence-corrected chi connectivity index (χ4v) is 1.52. The summed E-state index contributed by atoms with van der Waals surface area (Å²) in [5.41, 5.74) is 1.90. The van der Waals surface area contributed by atoms with E-state index in [1.165, 1.54) is 0 Å². The summed E-state index contributed by atoms with van der Waals surface area (Å²) in [4.78, 5) is 12.8. The number of nitrogens with zero attached hydrogens (tertiary/aromatic N) is 3. The number of thioether (sulfide) groups is 1. The van der Waals surface area contributed by atoms with Gasteiger partial charge in [-0.25, -0.2) is 9.97 Å². The maximum absolute atomic E-state index is 4.38. The molecule has 2 heterocycles. The van der Waals surface area contributed by atoms with Gasteiger partial charge in [0.25, 0.3) is 0 Å². The van der Waals surface area contributed by atoms with Crippen LogP contribution in [0.1, 0.15) is 5.69 Å². The Morgan fingerprint density at radius 3 is 2.92 bits per heavy atom. The minimum Gasteiger partial charge on any atom is -0.259 e. The number of fused-ring (bicyclic) bond motifs is 1. The smallest absolute Gasteiger partial charge is 0.187 e. The molecule has 2 aromatic rings. The standard InChI is InChI=1S/C9H9N3S/c1-6-8-7(3-4-10-6)5-11-9(12-8)13-2/h3-5H,1-2H3. The molecule has 4 heteroatoms. The van der Waals surface area contributed by atoms with Crippen LogP contribution in [0, 0.1) is 6.92 Å². The molecule has 2 aromatic heterocycles. The maximum atomic E-state index is 4.38. The van der Waals surface area contributed by atoms with Crippen LogP contribution in [0.5, 0.6) is 0 Å². The van der Waals surface area contributed by atoms with Crippen LogP contribution in [0.15, 0.2) is 23.6 Å². The minimum atomic E-state index is 0.795. The first-order valence-corrected chi connectivity index (χ1v) is 5.16. The Bertz CT molecular complexity index is 442. The molecular weight excluding hydrogens is 182 g/mol. The van der Waals surface area contributed by atoms with Gasteiger partial charge in [0, 0.05) is 17.8 Å². The average molecular weight is 191 g/mol. The monoisotopic (exact) mass is 191 g/mol. The van der Waals surface area contributed by atoms with Gasteiger partial charge in [0.05, 0.1) is 11.2 Å². The number of hydrogen-bond acceptors (Lipinski definition) is 4. The second-order valence-corrected chi connectivity index (χ2v) is 3.46. The van der Waals surface area contributed by atoms with Crippen molar-refractivity contribution in [3.63, 3.8) is 0 Å². The summed E-state index contributed by atoms with van der Waals surface area (Å²) in [6.07, 6.45) is 5.58. The van der Waals surface area contributed by atoms with Gasteiger partial charge in [-0.05, 0) is 19.2 Å². The summed E-state index contributed by atoms with van der Waals surface area (Å²) >= 11 is 1.54. The van der Waals surface area contributed by atoms with Crippen molar-refractivity contribution in [2.75, 3.05) is 6.26 Å². The van der Waals surface area contributed by atoms with E-state index in [1.807, 2.05) is 25.4 Å². The van der Waals surface area contributed by atoms with Crippen LogP contribution in [0.2, 0.25) is 0 Å². The number of aromatic nitrogens is 3. The number of pyridine rings is 1. The lowest BCUT2D eigenvalue weighted by molar-refractivity contribution is 0.995.